The molecule has 2 atom stereocenters. The summed E-state index contributed by atoms with van der Waals surface area (Å²) in [7, 11) is 0. The second kappa shape index (κ2) is 6.28. The van der Waals surface area contributed by atoms with Gasteiger partial charge in [-0.1, -0.05) is 42.5 Å². The Hall–Kier alpha value is -2.34. The molecule has 0 saturated carbocycles. The first-order valence-electron chi connectivity index (χ1n) is 8.15. The highest BCUT2D eigenvalue weighted by Gasteiger charge is 2.43. The number of nitrogens with zero attached hydrogens (tertiary/aromatic N) is 3. The Kier molecular flexibility index (Phi) is 4.32. The summed E-state index contributed by atoms with van der Waals surface area (Å²) in [5, 5.41) is 0. The van der Waals surface area contributed by atoms with Crippen LogP contribution in [0.5, 0.6) is 0 Å². The van der Waals surface area contributed by atoms with Crippen LogP contribution in [0.25, 0.3) is 0 Å². The average Bonchev–Trinajstić information content (AvgIpc) is 2.84. The molecule has 1 aromatic carbocycles. The minimum atomic E-state index is -0.572. The summed E-state index contributed by atoms with van der Waals surface area (Å²) in [4.78, 5) is 20.7. The summed E-state index contributed by atoms with van der Waals surface area (Å²) < 4.78 is 5.47. The molecule has 6 heteroatoms. The highest BCUT2D eigenvalue weighted by atomic mass is 16.6. The molecule has 0 aliphatic carbocycles. The van der Waals surface area contributed by atoms with Crippen LogP contribution in [0, 0.1) is 0 Å². The molecular formula is C18H24N4O2. The molecule has 0 saturated heterocycles. The second-order valence-corrected chi connectivity index (χ2v) is 7.09. The van der Waals surface area contributed by atoms with Gasteiger partial charge >= 0.3 is 6.09 Å². The highest BCUT2D eigenvalue weighted by Crippen LogP contribution is 2.27. The van der Waals surface area contributed by atoms with Gasteiger partial charge in [0.05, 0.1) is 6.04 Å². The van der Waals surface area contributed by atoms with Gasteiger partial charge in [0.25, 0.3) is 0 Å². The number of amides is 1. The number of hydrogen-bond donors (Lipinski definition) is 1. The predicted octanol–water partition coefficient (Wildman–Crippen LogP) is 2.32. The lowest BCUT2D eigenvalue weighted by atomic mass is 10.1. The van der Waals surface area contributed by atoms with Crippen LogP contribution in [0.1, 0.15) is 26.3 Å². The monoisotopic (exact) mass is 328 g/mol. The van der Waals surface area contributed by atoms with Gasteiger partial charge in [-0.2, -0.15) is 0 Å². The molecule has 0 aromatic heterocycles. The molecule has 2 unspecified atom stereocenters. The van der Waals surface area contributed by atoms with E-state index in [1.165, 1.54) is 10.5 Å². The smallest absolute Gasteiger partial charge is 0.417 e. The molecule has 2 aliphatic heterocycles. The van der Waals surface area contributed by atoms with E-state index >= 15 is 0 Å². The van der Waals surface area contributed by atoms with Gasteiger partial charge in [-0.15, -0.1) is 0 Å². The van der Waals surface area contributed by atoms with Gasteiger partial charge in [-0.05, 0) is 26.3 Å². The first-order valence-corrected chi connectivity index (χ1v) is 8.15. The number of guanidine groups is 1. The van der Waals surface area contributed by atoms with Gasteiger partial charge in [0.15, 0.2) is 0 Å². The fourth-order valence-electron chi connectivity index (χ4n) is 2.99. The lowest BCUT2D eigenvalue weighted by molar-refractivity contribution is 0.0296. The Morgan fingerprint density at radius 1 is 1.33 bits per heavy atom. The van der Waals surface area contributed by atoms with Crippen LogP contribution in [0.15, 0.2) is 47.5 Å². The van der Waals surface area contributed by atoms with Gasteiger partial charge in [-0.25, -0.2) is 14.7 Å². The van der Waals surface area contributed by atoms with Crippen molar-refractivity contribution < 1.29 is 9.53 Å². The van der Waals surface area contributed by atoms with Gasteiger partial charge in [-0.3, -0.25) is 4.90 Å². The fourth-order valence-corrected chi connectivity index (χ4v) is 2.99. The maximum Gasteiger partial charge on any atom is 0.417 e. The van der Waals surface area contributed by atoms with E-state index in [4.69, 9.17) is 10.5 Å². The number of hydrogen-bond acceptors (Lipinski definition) is 5. The van der Waals surface area contributed by atoms with Gasteiger partial charge in [0.1, 0.15) is 11.8 Å². The number of ether oxygens (including phenoxy) is 1. The van der Waals surface area contributed by atoms with Crippen molar-refractivity contribution in [2.45, 2.75) is 45.1 Å². The van der Waals surface area contributed by atoms with Crippen molar-refractivity contribution in [1.82, 2.24) is 9.80 Å². The van der Waals surface area contributed by atoms with Crippen molar-refractivity contribution in [2.75, 3.05) is 6.54 Å². The molecule has 3 rings (SSSR count). The molecule has 1 amide bonds. The lowest BCUT2D eigenvalue weighted by Crippen LogP contribution is -2.52. The molecule has 2 aliphatic rings. The average molecular weight is 328 g/mol. The quantitative estimate of drug-likeness (QED) is 0.846. The Morgan fingerprint density at radius 3 is 2.71 bits per heavy atom. The Labute approximate surface area is 142 Å². The van der Waals surface area contributed by atoms with E-state index in [0.29, 0.717) is 0 Å². The first-order chi connectivity index (χ1) is 11.3. The van der Waals surface area contributed by atoms with Crippen molar-refractivity contribution >= 4 is 12.1 Å². The number of carbonyl (C=O) groups is 1. The third-order valence-corrected chi connectivity index (χ3v) is 3.98. The third kappa shape index (κ3) is 3.43. The number of benzene rings is 1. The fraction of sp³-hybridized carbons (Fsp3) is 0.444. The molecule has 24 heavy (non-hydrogen) atoms. The van der Waals surface area contributed by atoms with Crippen molar-refractivity contribution in [3.05, 3.63) is 48.0 Å². The maximum absolute atomic E-state index is 12.5. The van der Waals surface area contributed by atoms with E-state index < -0.39 is 11.7 Å². The molecule has 0 fully saturated rings. The number of rotatable bonds is 2. The lowest BCUT2D eigenvalue weighted by Gasteiger charge is -2.35. The van der Waals surface area contributed by atoms with Gasteiger partial charge in [0, 0.05) is 13.1 Å². The van der Waals surface area contributed by atoms with E-state index in [1.54, 1.807) is 0 Å². The van der Waals surface area contributed by atoms with E-state index in [-0.39, 0.29) is 18.2 Å². The Morgan fingerprint density at radius 2 is 2.04 bits per heavy atom. The second-order valence-electron chi connectivity index (χ2n) is 7.09. The zero-order valence-electron chi connectivity index (χ0n) is 14.3. The topological polar surface area (TPSA) is 71.2 Å². The predicted molar refractivity (Wildman–Crippen MR) is 93.3 cm³/mol. The zero-order valence-corrected chi connectivity index (χ0v) is 14.3. The maximum atomic E-state index is 12.5. The molecule has 6 nitrogen and oxygen atoms in total. The summed E-state index contributed by atoms with van der Waals surface area (Å²) in [5.41, 5.74) is 6.66. The Bertz CT molecular complexity index is 663. The molecule has 0 bridgehead atoms. The molecule has 0 radical (unpaired) electrons. The van der Waals surface area contributed by atoms with Crippen LogP contribution < -0.4 is 5.73 Å². The minimum Gasteiger partial charge on any atom is -0.443 e. The van der Waals surface area contributed by atoms with Crippen LogP contribution in [-0.2, 0) is 11.3 Å². The molecule has 2 N–H and O–H groups in total. The van der Waals surface area contributed by atoms with E-state index in [9.17, 15) is 4.79 Å². The standard InChI is InChI=1S/C18H24N4O2/c1-18(2,3)24-17(23)22-14-10-7-11-21(15(14)20-16(22)19)12-13-8-5-4-6-9-13/h4-10,14-15H,11-12H2,1-3H3,(H2,19,20). The van der Waals surface area contributed by atoms with Gasteiger partial charge < -0.3 is 10.5 Å². The SMILES string of the molecule is CC(C)(C)OC(=O)N1C(N)=NC2C1C=CCN2Cc1ccccc1. The normalized spacial score (nSPS) is 23.8. The van der Waals surface area contributed by atoms with Gasteiger partial charge in [0.2, 0.25) is 5.96 Å². The third-order valence-electron chi connectivity index (χ3n) is 3.98. The first kappa shape index (κ1) is 16.5. The summed E-state index contributed by atoms with van der Waals surface area (Å²) in [6.45, 7) is 7.04. The molecule has 2 heterocycles. The van der Waals surface area contributed by atoms with Crippen molar-refractivity contribution in [2.24, 2.45) is 10.7 Å². The minimum absolute atomic E-state index is 0.178. The number of aliphatic imine (C=N–C) groups is 1. The number of fused-ring (bicyclic) bond motifs is 1. The highest BCUT2D eigenvalue weighted by molar-refractivity contribution is 5.95. The van der Waals surface area contributed by atoms with E-state index in [1.807, 2.05) is 45.0 Å². The molecule has 1 aromatic rings. The van der Waals surface area contributed by atoms with E-state index in [0.717, 1.165) is 13.1 Å². The van der Waals surface area contributed by atoms with Crippen molar-refractivity contribution in [1.29, 1.82) is 0 Å². The molecule has 128 valence electrons. The van der Waals surface area contributed by atoms with Crippen LogP contribution >= 0.6 is 0 Å². The summed E-state index contributed by atoms with van der Waals surface area (Å²) in [6.07, 6.45) is 3.40. The van der Waals surface area contributed by atoms with Crippen LogP contribution in [0.3, 0.4) is 0 Å². The van der Waals surface area contributed by atoms with Crippen molar-refractivity contribution in [3.8, 4) is 0 Å². The summed E-state index contributed by atoms with van der Waals surface area (Å²) in [5.74, 6) is 0.212. The van der Waals surface area contributed by atoms with E-state index in [2.05, 4.69) is 28.1 Å². The molecular weight excluding hydrogens is 304 g/mol. The zero-order chi connectivity index (χ0) is 17.3. The Balaban J connectivity index is 1.77. The number of carbonyl (C=O) groups excluding carboxylic acids is 1. The number of nitrogens with two attached hydrogens (primary N) is 1. The van der Waals surface area contributed by atoms with Crippen molar-refractivity contribution in [3.63, 3.8) is 0 Å². The van der Waals surface area contributed by atoms with Crippen LogP contribution in [0.4, 0.5) is 4.79 Å². The molecule has 0 spiro atoms. The largest absolute Gasteiger partial charge is 0.443 e. The summed E-state index contributed by atoms with van der Waals surface area (Å²) in [6, 6.07) is 9.98. The summed E-state index contributed by atoms with van der Waals surface area (Å²) >= 11 is 0. The van der Waals surface area contributed by atoms with Crippen LogP contribution in [-0.4, -0.2) is 46.2 Å². The van der Waals surface area contributed by atoms with Crippen LogP contribution in [0.2, 0.25) is 0 Å².